The second kappa shape index (κ2) is 8.60. The van der Waals surface area contributed by atoms with Gasteiger partial charge in [-0.1, -0.05) is 13.8 Å². The molecule has 0 saturated carbocycles. The molecule has 21 heavy (non-hydrogen) atoms. The zero-order valence-electron chi connectivity index (χ0n) is 13.5. The van der Waals surface area contributed by atoms with E-state index in [4.69, 9.17) is 0 Å². The van der Waals surface area contributed by atoms with Crippen LogP contribution in [-0.2, 0) is 19.5 Å². The van der Waals surface area contributed by atoms with Crippen LogP contribution >= 0.6 is 24.0 Å². The van der Waals surface area contributed by atoms with E-state index >= 15 is 0 Å². The fourth-order valence-corrected chi connectivity index (χ4v) is 2.31. The summed E-state index contributed by atoms with van der Waals surface area (Å²) in [7, 11) is 1.81. The first kappa shape index (κ1) is 18.3. The monoisotopic (exact) mass is 405 g/mol. The van der Waals surface area contributed by atoms with E-state index < -0.39 is 0 Å². The van der Waals surface area contributed by atoms with Gasteiger partial charge in [-0.25, -0.2) is 4.98 Å². The number of aliphatic imine (C=N–C) groups is 1. The minimum absolute atomic E-state index is 0. The molecule has 0 saturated heterocycles. The molecule has 2 N–H and O–H groups in total. The Morgan fingerprint density at radius 3 is 2.76 bits per heavy atom. The summed E-state index contributed by atoms with van der Waals surface area (Å²) in [4.78, 5) is 8.96. The van der Waals surface area contributed by atoms with Crippen LogP contribution in [0, 0.1) is 5.92 Å². The van der Waals surface area contributed by atoms with Gasteiger partial charge in [0, 0.05) is 32.3 Å². The van der Waals surface area contributed by atoms with Gasteiger partial charge < -0.3 is 15.2 Å². The largest absolute Gasteiger partial charge is 0.354 e. The third-order valence-corrected chi connectivity index (χ3v) is 3.98. The van der Waals surface area contributed by atoms with E-state index in [9.17, 15) is 0 Å². The van der Waals surface area contributed by atoms with Crippen LogP contribution in [0.3, 0.4) is 0 Å². The highest BCUT2D eigenvalue weighted by Crippen LogP contribution is 2.14. The Balaban J connectivity index is 0.00000220. The lowest BCUT2D eigenvalue weighted by Crippen LogP contribution is -2.43. The number of halogens is 1. The molecule has 1 aromatic heterocycles. The first-order valence-corrected chi connectivity index (χ1v) is 7.62. The Morgan fingerprint density at radius 2 is 2.14 bits per heavy atom. The fraction of sp³-hybridized carbons (Fsp3) is 0.733. The number of guanidine groups is 1. The maximum atomic E-state index is 4.69. The molecular weight excluding hydrogens is 377 g/mol. The molecule has 1 unspecified atom stereocenters. The van der Waals surface area contributed by atoms with Gasteiger partial charge in [-0.2, -0.15) is 0 Å². The van der Waals surface area contributed by atoms with Crippen LogP contribution in [0.25, 0.3) is 0 Å². The van der Waals surface area contributed by atoms with Crippen LogP contribution in [0.4, 0.5) is 0 Å². The summed E-state index contributed by atoms with van der Waals surface area (Å²) in [6.45, 7) is 8.42. The first-order chi connectivity index (χ1) is 9.60. The lowest BCUT2D eigenvalue weighted by atomic mass is 10.1. The van der Waals surface area contributed by atoms with Gasteiger partial charge >= 0.3 is 0 Å². The normalized spacial score (nSPS) is 16.1. The molecule has 6 heteroatoms. The number of aryl methyl sites for hydroxylation is 2. The molecule has 0 bridgehead atoms. The molecule has 0 spiro atoms. The lowest BCUT2D eigenvalue weighted by molar-refractivity contribution is 0.480. The van der Waals surface area contributed by atoms with Crippen LogP contribution in [-0.4, -0.2) is 28.6 Å². The Morgan fingerprint density at radius 1 is 1.38 bits per heavy atom. The summed E-state index contributed by atoms with van der Waals surface area (Å²) in [5, 5.41) is 6.75. The molecule has 0 fully saturated rings. The minimum Gasteiger partial charge on any atom is -0.354 e. The summed E-state index contributed by atoms with van der Waals surface area (Å²) in [5.74, 6) is 2.65. The average molecular weight is 405 g/mol. The number of hydrogen-bond acceptors (Lipinski definition) is 2. The zero-order valence-corrected chi connectivity index (χ0v) is 15.8. The topological polar surface area (TPSA) is 54.2 Å². The minimum atomic E-state index is 0. The van der Waals surface area contributed by atoms with Gasteiger partial charge in [0.2, 0.25) is 0 Å². The molecule has 1 atom stereocenters. The van der Waals surface area contributed by atoms with Crippen molar-refractivity contribution < 1.29 is 0 Å². The van der Waals surface area contributed by atoms with Crippen LogP contribution in [0.2, 0.25) is 0 Å². The Kier molecular flexibility index (Phi) is 7.48. The van der Waals surface area contributed by atoms with Crippen molar-refractivity contribution in [3.63, 3.8) is 0 Å². The molecule has 5 nitrogen and oxygen atoms in total. The molecule has 2 heterocycles. The second-order valence-electron chi connectivity index (χ2n) is 5.90. The predicted octanol–water partition coefficient (Wildman–Crippen LogP) is 2.55. The number of nitrogens with zero attached hydrogens (tertiary/aromatic N) is 3. The van der Waals surface area contributed by atoms with Crippen LogP contribution in [0.1, 0.15) is 45.1 Å². The van der Waals surface area contributed by atoms with Gasteiger partial charge in [0.25, 0.3) is 0 Å². The number of fused-ring (bicyclic) bond motifs is 1. The highest BCUT2D eigenvalue weighted by atomic mass is 127. The van der Waals surface area contributed by atoms with Gasteiger partial charge in [-0.3, -0.25) is 4.99 Å². The molecule has 0 amide bonds. The molecule has 120 valence electrons. The Bertz CT molecular complexity index is 443. The Hall–Kier alpha value is -0.790. The number of nitrogens with one attached hydrogen (secondary N) is 2. The molecule has 1 aliphatic heterocycles. The number of hydrogen-bond donors (Lipinski definition) is 2. The summed E-state index contributed by atoms with van der Waals surface area (Å²) in [6, 6.07) is 0.399. The van der Waals surface area contributed by atoms with E-state index in [2.05, 4.69) is 52.1 Å². The number of rotatable bonds is 4. The van der Waals surface area contributed by atoms with Crippen molar-refractivity contribution in [3.8, 4) is 0 Å². The lowest BCUT2D eigenvalue weighted by Gasteiger charge is -2.20. The van der Waals surface area contributed by atoms with Crippen molar-refractivity contribution in [3.05, 3.63) is 17.7 Å². The molecule has 2 rings (SSSR count). The van der Waals surface area contributed by atoms with Crippen molar-refractivity contribution in [2.24, 2.45) is 10.9 Å². The molecule has 1 aliphatic rings. The van der Waals surface area contributed by atoms with E-state index in [1.54, 1.807) is 7.05 Å². The maximum absolute atomic E-state index is 4.69. The van der Waals surface area contributed by atoms with Crippen molar-refractivity contribution in [1.82, 2.24) is 20.2 Å². The Labute approximate surface area is 145 Å². The van der Waals surface area contributed by atoms with E-state index in [1.807, 2.05) is 0 Å². The van der Waals surface area contributed by atoms with Gasteiger partial charge in [0.1, 0.15) is 5.82 Å². The van der Waals surface area contributed by atoms with E-state index in [0.29, 0.717) is 12.0 Å². The van der Waals surface area contributed by atoms with Gasteiger partial charge in [-0.05, 0) is 25.7 Å². The fourth-order valence-electron chi connectivity index (χ4n) is 2.31. The van der Waals surface area contributed by atoms with E-state index in [-0.39, 0.29) is 24.0 Å². The first-order valence-electron chi connectivity index (χ1n) is 7.62. The number of imidazole rings is 1. The number of aromatic nitrogens is 2. The second-order valence-corrected chi connectivity index (χ2v) is 5.90. The van der Waals surface area contributed by atoms with Gasteiger partial charge in [0.15, 0.2) is 5.96 Å². The molecule has 1 aromatic rings. The van der Waals surface area contributed by atoms with Gasteiger partial charge in [-0.15, -0.1) is 24.0 Å². The van der Waals surface area contributed by atoms with E-state index in [1.165, 1.54) is 18.7 Å². The van der Waals surface area contributed by atoms with Crippen LogP contribution in [0.15, 0.2) is 11.2 Å². The summed E-state index contributed by atoms with van der Waals surface area (Å²) >= 11 is 0. The smallest absolute Gasteiger partial charge is 0.191 e. The van der Waals surface area contributed by atoms with Gasteiger partial charge in [0.05, 0.1) is 12.2 Å². The maximum Gasteiger partial charge on any atom is 0.191 e. The standard InChI is InChI=1S/C15H27N5.HI/c1-11(2)12(3)18-15(16-4)17-9-13-10-20-8-6-5-7-14(20)19-13;/h10-12H,5-9H2,1-4H3,(H2,16,17,18);1H. The highest BCUT2D eigenvalue weighted by molar-refractivity contribution is 14.0. The zero-order chi connectivity index (χ0) is 14.5. The SMILES string of the molecule is CN=C(NCc1cn2c(n1)CCCC2)NC(C)C(C)C.I. The quantitative estimate of drug-likeness (QED) is 0.460. The van der Waals surface area contributed by atoms with Crippen molar-refractivity contribution in [1.29, 1.82) is 0 Å². The third-order valence-electron chi connectivity index (χ3n) is 3.98. The average Bonchev–Trinajstić information content (AvgIpc) is 2.85. The van der Waals surface area contributed by atoms with Crippen molar-refractivity contribution in [2.45, 2.75) is 59.2 Å². The van der Waals surface area contributed by atoms with E-state index in [0.717, 1.165) is 31.2 Å². The van der Waals surface area contributed by atoms with Crippen molar-refractivity contribution in [2.75, 3.05) is 7.05 Å². The predicted molar refractivity (Wildman–Crippen MR) is 98.2 cm³/mol. The molecule has 0 aromatic carbocycles. The third kappa shape index (κ3) is 5.16. The summed E-state index contributed by atoms with van der Waals surface area (Å²) < 4.78 is 2.29. The summed E-state index contributed by atoms with van der Waals surface area (Å²) in [5.41, 5.74) is 1.10. The molecule has 0 radical (unpaired) electrons. The van der Waals surface area contributed by atoms with Crippen molar-refractivity contribution >= 4 is 29.9 Å². The summed E-state index contributed by atoms with van der Waals surface area (Å²) in [6.07, 6.45) is 5.81. The molecular formula is C15H28IN5. The highest BCUT2D eigenvalue weighted by Gasteiger charge is 2.13. The molecule has 0 aliphatic carbocycles. The van der Waals surface area contributed by atoms with Crippen LogP contribution in [0.5, 0.6) is 0 Å². The van der Waals surface area contributed by atoms with Crippen LogP contribution < -0.4 is 10.6 Å².